The van der Waals surface area contributed by atoms with Crippen LogP contribution in [0, 0.1) is 5.92 Å². The number of H-pyrrole nitrogens is 2. The Balaban J connectivity index is 1.40. The van der Waals surface area contributed by atoms with E-state index in [9.17, 15) is 14.4 Å². The van der Waals surface area contributed by atoms with Gasteiger partial charge in [-0.2, -0.15) is 5.10 Å². The summed E-state index contributed by atoms with van der Waals surface area (Å²) < 4.78 is 5.82. The predicted octanol–water partition coefficient (Wildman–Crippen LogP) is 0.303. The average Bonchev–Trinajstić information content (AvgIpc) is 3.43. The summed E-state index contributed by atoms with van der Waals surface area (Å²) in [5, 5.41) is 6.80. The van der Waals surface area contributed by atoms with Crippen LogP contribution in [0.5, 0.6) is 0 Å². The van der Waals surface area contributed by atoms with Crippen molar-refractivity contribution in [1.29, 1.82) is 0 Å². The summed E-state index contributed by atoms with van der Waals surface area (Å²) in [7, 11) is 0. The lowest BCUT2D eigenvalue weighted by atomic mass is 9.73. The third-order valence-corrected chi connectivity index (χ3v) is 6.08. The molecule has 3 aliphatic heterocycles. The zero-order valence-corrected chi connectivity index (χ0v) is 15.3. The van der Waals surface area contributed by atoms with Crippen molar-refractivity contribution in [2.24, 2.45) is 5.92 Å². The van der Waals surface area contributed by atoms with Crippen LogP contribution in [0.15, 0.2) is 35.5 Å². The first-order valence-corrected chi connectivity index (χ1v) is 9.47. The van der Waals surface area contributed by atoms with Crippen molar-refractivity contribution < 1.29 is 14.3 Å². The second kappa shape index (κ2) is 6.30. The van der Waals surface area contributed by atoms with E-state index in [-0.39, 0.29) is 23.4 Å². The number of aromatic amines is 2. The number of hydrogen-bond acceptors (Lipinski definition) is 5. The number of nitrogens with one attached hydrogen (secondary N) is 2. The molecule has 2 aromatic rings. The molecular formula is C19H21N5O4. The van der Waals surface area contributed by atoms with Gasteiger partial charge in [-0.3, -0.25) is 19.5 Å². The number of aromatic nitrogens is 3. The summed E-state index contributed by atoms with van der Waals surface area (Å²) in [4.78, 5) is 43.8. The number of hydrogen-bond donors (Lipinski definition) is 2. The summed E-state index contributed by atoms with van der Waals surface area (Å²) in [6.07, 6.45) is 6.48. The molecule has 2 amide bonds. The topological polar surface area (TPSA) is 111 Å². The molecule has 2 aromatic heterocycles. The van der Waals surface area contributed by atoms with Crippen LogP contribution >= 0.6 is 0 Å². The lowest BCUT2D eigenvalue weighted by Gasteiger charge is -2.46. The van der Waals surface area contributed by atoms with E-state index in [1.165, 1.54) is 12.3 Å². The van der Waals surface area contributed by atoms with E-state index in [0.29, 0.717) is 37.7 Å². The van der Waals surface area contributed by atoms with Gasteiger partial charge < -0.3 is 19.5 Å². The average molecular weight is 383 g/mol. The van der Waals surface area contributed by atoms with Gasteiger partial charge >= 0.3 is 0 Å². The van der Waals surface area contributed by atoms with Gasteiger partial charge in [-0.05, 0) is 24.8 Å². The highest BCUT2D eigenvalue weighted by molar-refractivity contribution is 5.94. The molecular weight excluding hydrogens is 362 g/mol. The van der Waals surface area contributed by atoms with E-state index in [1.807, 2.05) is 4.90 Å². The number of nitrogens with zero attached hydrogens (tertiary/aromatic N) is 3. The van der Waals surface area contributed by atoms with Crippen LogP contribution in [-0.2, 0) is 9.53 Å². The minimum Gasteiger partial charge on any atom is -0.365 e. The Morgan fingerprint density at radius 1 is 1.29 bits per heavy atom. The Morgan fingerprint density at radius 2 is 2.14 bits per heavy atom. The van der Waals surface area contributed by atoms with Crippen LogP contribution in [0.4, 0.5) is 0 Å². The zero-order chi connectivity index (χ0) is 19.3. The number of rotatable bonds is 3. The molecule has 0 aromatic carbocycles. The molecule has 5 heterocycles. The number of piperazine rings is 1. The molecule has 3 saturated heterocycles. The highest BCUT2D eigenvalue weighted by atomic mass is 16.5. The van der Waals surface area contributed by atoms with Crippen molar-refractivity contribution in [3.05, 3.63) is 52.2 Å². The fourth-order valence-corrected chi connectivity index (χ4v) is 4.58. The van der Waals surface area contributed by atoms with Crippen molar-refractivity contribution in [3.8, 4) is 0 Å². The maximum Gasteiger partial charge on any atom is 0.255 e. The molecule has 6 rings (SSSR count). The van der Waals surface area contributed by atoms with E-state index in [0.717, 1.165) is 18.4 Å². The molecule has 4 aliphatic rings. The molecule has 4 fully saturated rings. The van der Waals surface area contributed by atoms with E-state index in [1.54, 1.807) is 23.4 Å². The summed E-state index contributed by atoms with van der Waals surface area (Å²) >= 11 is 0. The number of ether oxygens (including phenoxy) is 1. The Hall–Kier alpha value is -2.94. The van der Waals surface area contributed by atoms with Crippen molar-refractivity contribution in [2.45, 2.75) is 24.5 Å². The minimum absolute atomic E-state index is 0.00991. The maximum absolute atomic E-state index is 13.3. The van der Waals surface area contributed by atoms with Gasteiger partial charge in [0.2, 0.25) is 5.56 Å². The Kier molecular flexibility index (Phi) is 3.87. The second-order valence-corrected chi connectivity index (χ2v) is 7.82. The quantitative estimate of drug-likeness (QED) is 0.792. The third kappa shape index (κ3) is 2.65. The first kappa shape index (κ1) is 17.2. The van der Waals surface area contributed by atoms with Crippen LogP contribution in [0.1, 0.15) is 34.8 Å². The monoisotopic (exact) mass is 383 g/mol. The van der Waals surface area contributed by atoms with Gasteiger partial charge in [-0.25, -0.2) is 0 Å². The summed E-state index contributed by atoms with van der Waals surface area (Å²) in [6.45, 7) is 1.82. The highest BCUT2D eigenvalue weighted by Crippen LogP contribution is 2.50. The first-order valence-electron chi connectivity index (χ1n) is 9.47. The SMILES string of the molecule is O=C(c1cc[nH]c(=O)c1)N1CCN(C(=O)C23CC(CO2)C3)C(c2cn[nH]c2)C1. The molecule has 1 saturated carbocycles. The van der Waals surface area contributed by atoms with Crippen LogP contribution in [0.3, 0.4) is 0 Å². The zero-order valence-electron chi connectivity index (χ0n) is 15.3. The number of fused-ring (bicyclic) bond motifs is 1. The van der Waals surface area contributed by atoms with Gasteiger partial charge in [0.05, 0.1) is 18.8 Å². The molecule has 146 valence electrons. The van der Waals surface area contributed by atoms with Crippen molar-refractivity contribution >= 4 is 11.8 Å². The molecule has 9 nitrogen and oxygen atoms in total. The minimum atomic E-state index is -0.675. The van der Waals surface area contributed by atoms with E-state index in [4.69, 9.17) is 4.74 Å². The van der Waals surface area contributed by atoms with Gasteiger partial charge in [-0.1, -0.05) is 0 Å². The van der Waals surface area contributed by atoms with E-state index in [2.05, 4.69) is 15.2 Å². The molecule has 2 bridgehead atoms. The molecule has 28 heavy (non-hydrogen) atoms. The largest absolute Gasteiger partial charge is 0.365 e. The smallest absolute Gasteiger partial charge is 0.255 e. The van der Waals surface area contributed by atoms with Crippen LogP contribution in [0.25, 0.3) is 0 Å². The maximum atomic E-state index is 13.3. The third-order valence-electron chi connectivity index (χ3n) is 6.08. The normalized spacial score (nSPS) is 28.9. The van der Waals surface area contributed by atoms with Crippen molar-refractivity contribution in [1.82, 2.24) is 25.0 Å². The molecule has 1 unspecified atom stereocenters. The summed E-state index contributed by atoms with van der Waals surface area (Å²) in [5.74, 6) is 0.289. The molecule has 9 heteroatoms. The summed E-state index contributed by atoms with van der Waals surface area (Å²) in [6, 6.07) is 2.59. The fourth-order valence-electron chi connectivity index (χ4n) is 4.58. The van der Waals surface area contributed by atoms with Crippen LogP contribution in [0.2, 0.25) is 0 Å². The standard InChI is InChI=1S/C19H21N5O4/c25-16-5-13(1-2-20-16)17(26)23-3-4-24(15(10-23)14-8-21-22-9-14)18(27)19-6-12(7-19)11-28-19/h1-2,5,8-9,12,15H,3-4,6-7,10-11H2,(H,20,25)(H,21,22). The number of carbonyl (C=O) groups is 2. The highest BCUT2D eigenvalue weighted by Gasteiger charge is 2.59. The van der Waals surface area contributed by atoms with Gasteiger partial charge in [-0.15, -0.1) is 0 Å². The van der Waals surface area contributed by atoms with Gasteiger partial charge in [0.15, 0.2) is 0 Å². The summed E-state index contributed by atoms with van der Waals surface area (Å²) in [5.41, 5.74) is 0.199. The molecule has 1 atom stereocenters. The second-order valence-electron chi connectivity index (χ2n) is 7.82. The van der Waals surface area contributed by atoms with Crippen LogP contribution in [-0.4, -0.2) is 68.6 Å². The lowest BCUT2D eigenvalue weighted by molar-refractivity contribution is -0.160. The van der Waals surface area contributed by atoms with Crippen molar-refractivity contribution in [3.63, 3.8) is 0 Å². The van der Waals surface area contributed by atoms with Gasteiger partial charge in [0.25, 0.3) is 11.8 Å². The fraction of sp³-hybridized carbons (Fsp3) is 0.474. The van der Waals surface area contributed by atoms with Crippen LogP contribution < -0.4 is 5.56 Å². The Bertz CT molecular complexity index is 957. The molecule has 0 radical (unpaired) electrons. The first-order chi connectivity index (χ1) is 13.6. The number of pyridine rings is 1. The van der Waals surface area contributed by atoms with E-state index < -0.39 is 5.60 Å². The molecule has 0 spiro atoms. The lowest BCUT2D eigenvalue weighted by Crippen LogP contribution is -2.59. The van der Waals surface area contributed by atoms with Gasteiger partial charge in [0.1, 0.15) is 5.60 Å². The van der Waals surface area contributed by atoms with Crippen molar-refractivity contribution in [2.75, 3.05) is 26.2 Å². The Morgan fingerprint density at radius 3 is 2.82 bits per heavy atom. The predicted molar refractivity (Wildman–Crippen MR) is 97.4 cm³/mol. The molecule has 1 aliphatic carbocycles. The van der Waals surface area contributed by atoms with E-state index >= 15 is 0 Å². The Labute approximate surface area is 160 Å². The number of amides is 2. The number of carbonyl (C=O) groups excluding carboxylic acids is 2. The molecule has 2 N–H and O–H groups in total. The van der Waals surface area contributed by atoms with Gasteiger partial charge in [0, 0.05) is 49.2 Å².